The van der Waals surface area contributed by atoms with Crippen molar-refractivity contribution in [1.29, 1.82) is 0 Å². The van der Waals surface area contributed by atoms with E-state index in [-0.39, 0.29) is 18.2 Å². The number of nitrogens with zero attached hydrogens (tertiary/aromatic N) is 2. The number of carbonyl (C=O) groups excluding carboxylic acids is 1. The Labute approximate surface area is 190 Å². The van der Waals surface area contributed by atoms with Gasteiger partial charge in [-0.2, -0.15) is 5.10 Å². The Hall–Kier alpha value is -3.10. The van der Waals surface area contributed by atoms with Gasteiger partial charge in [-0.15, -0.1) is 0 Å². The van der Waals surface area contributed by atoms with Gasteiger partial charge in [0.1, 0.15) is 23.9 Å². The molecular formula is C22H16BrClFN3O3. The second-order valence-corrected chi connectivity index (χ2v) is 7.96. The summed E-state index contributed by atoms with van der Waals surface area (Å²) in [6, 6.07) is 14.7. The van der Waals surface area contributed by atoms with Gasteiger partial charge in [0.2, 0.25) is 0 Å². The first-order valence-electron chi connectivity index (χ1n) is 9.21. The minimum Gasteiger partial charge on any atom is -0.484 e. The molecule has 0 aliphatic carbocycles. The summed E-state index contributed by atoms with van der Waals surface area (Å²) < 4.78 is 26.7. The summed E-state index contributed by atoms with van der Waals surface area (Å²) in [6.45, 7) is 0.585. The van der Waals surface area contributed by atoms with Crippen LogP contribution in [0.5, 0.6) is 5.75 Å². The van der Waals surface area contributed by atoms with Crippen molar-refractivity contribution in [3.8, 4) is 5.75 Å². The van der Waals surface area contributed by atoms with Gasteiger partial charge < -0.3 is 14.5 Å². The van der Waals surface area contributed by atoms with Gasteiger partial charge in [0.15, 0.2) is 5.76 Å². The Morgan fingerprint density at radius 2 is 2.00 bits per heavy atom. The van der Waals surface area contributed by atoms with Crippen molar-refractivity contribution < 1.29 is 18.3 Å². The Bertz CT molecular complexity index is 1210. The molecule has 2 aromatic carbocycles. The fraction of sp³-hybridized carbons (Fsp3) is 0.0909. The molecule has 2 heterocycles. The van der Waals surface area contributed by atoms with Gasteiger partial charge in [0.05, 0.1) is 23.5 Å². The van der Waals surface area contributed by atoms with E-state index in [1.165, 1.54) is 18.3 Å². The van der Waals surface area contributed by atoms with Crippen LogP contribution in [0.2, 0.25) is 5.02 Å². The highest BCUT2D eigenvalue weighted by Crippen LogP contribution is 2.28. The van der Waals surface area contributed by atoms with Crippen LogP contribution in [-0.2, 0) is 13.2 Å². The number of nitrogens with one attached hydrogen (secondary N) is 1. The first kappa shape index (κ1) is 21.1. The molecule has 0 saturated heterocycles. The Balaban J connectivity index is 1.33. The Morgan fingerprint density at radius 3 is 2.77 bits per heavy atom. The van der Waals surface area contributed by atoms with Crippen LogP contribution in [-0.4, -0.2) is 15.7 Å². The quantitative estimate of drug-likeness (QED) is 0.340. The summed E-state index contributed by atoms with van der Waals surface area (Å²) in [5.74, 6) is 0.443. The lowest BCUT2D eigenvalue weighted by molar-refractivity contribution is 0.0992. The van der Waals surface area contributed by atoms with Crippen LogP contribution in [0.1, 0.15) is 21.9 Å². The molecule has 2 aromatic heterocycles. The van der Waals surface area contributed by atoms with E-state index in [1.807, 2.05) is 6.07 Å². The minimum absolute atomic E-state index is 0.129. The molecule has 4 aromatic rings. The lowest BCUT2D eigenvalue weighted by atomic mass is 10.2. The maximum Gasteiger partial charge on any atom is 0.291 e. The van der Waals surface area contributed by atoms with E-state index in [0.717, 1.165) is 10.0 Å². The molecule has 0 aliphatic heterocycles. The van der Waals surface area contributed by atoms with Gasteiger partial charge in [0.25, 0.3) is 5.91 Å². The highest BCUT2D eigenvalue weighted by Gasteiger charge is 2.13. The molecule has 9 heteroatoms. The summed E-state index contributed by atoms with van der Waals surface area (Å²) >= 11 is 9.46. The summed E-state index contributed by atoms with van der Waals surface area (Å²) in [4.78, 5) is 12.4. The van der Waals surface area contributed by atoms with Crippen molar-refractivity contribution in [3.63, 3.8) is 0 Å². The lowest BCUT2D eigenvalue weighted by Gasteiger charge is -2.06. The third-order valence-electron chi connectivity index (χ3n) is 4.30. The van der Waals surface area contributed by atoms with Gasteiger partial charge in [-0.3, -0.25) is 9.48 Å². The zero-order chi connectivity index (χ0) is 21.8. The normalized spacial score (nSPS) is 10.8. The number of hydrogen-bond donors (Lipinski definition) is 1. The van der Waals surface area contributed by atoms with Gasteiger partial charge >= 0.3 is 0 Å². The standard InChI is InChI=1S/C22H16BrClFN3O3/c23-15-3-7-20(19(24)9-15)30-13-18-6-8-21(31-18)22(29)27-17-10-26-28(12-17)11-14-1-4-16(25)5-2-14/h1-10,12H,11,13H2,(H,27,29). The zero-order valence-corrected chi connectivity index (χ0v) is 18.4. The third kappa shape index (κ3) is 5.53. The second kappa shape index (κ2) is 9.36. The minimum atomic E-state index is -0.408. The SMILES string of the molecule is O=C(Nc1cnn(Cc2ccc(F)cc2)c1)c1ccc(COc2ccc(Br)cc2Cl)o1. The Morgan fingerprint density at radius 1 is 1.19 bits per heavy atom. The van der Waals surface area contributed by atoms with Crippen molar-refractivity contribution in [3.05, 3.63) is 99.4 Å². The molecule has 0 bridgehead atoms. The van der Waals surface area contributed by atoms with E-state index in [1.54, 1.807) is 47.3 Å². The summed E-state index contributed by atoms with van der Waals surface area (Å²) in [5, 5.41) is 7.41. The third-order valence-corrected chi connectivity index (χ3v) is 5.09. The van der Waals surface area contributed by atoms with Crippen LogP contribution in [0.25, 0.3) is 0 Å². The van der Waals surface area contributed by atoms with Crippen LogP contribution < -0.4 is 10.1 Å². The Kier molecular flexibility index (Phi) is 6.39. The van der Waals surface area contributed by atoms with Crippen molar-refractivity contribution >= 4 is 39.1 Å². The molecule has 0 spiro atoms. The molecule has 0 atom stereocenters. The zero-order valence-electron chi connectivity index (χ0n) is 16.0. The van der Waals surface area contributed by atoms with Crippen LogP contribution in [0.3, 0.4) is 0 Å². The summed E-state index contributed by atoms with van der Waals surface area (Å²) in [6.07, 6.45) is 3.22. The van der Waals surface area contributed by atoms with E-state index < -0.39 is 5.91 Å². The molecule has 31 heavy (non-hydrogen) atoms. The van der Waals surface area contributed by atoms with Gasteiger partial charge in [0, 0.05) is 10.7 Å². The maximum atomic E-state index is 13.0. The number of ether oxygens (including phenoxy) is 1. The van der Waals surface area contributed by atoms with Crippen LogP contribution >= 0.6 is 27.5 Å². The maximum absolute atomic E-state index is 13.0. The fourth-order valence-corrected chi connectivity index (χ4v) is 3.53. The van der Waals surface area contributed by atoms with Gasteiger partial charge in [-0.05, 0) is 48.0 Å². The molecular weight excluding hydrogens is 489 g/mol. The van der Waals surface area contributed by atoms with Gasteiger partial charge in [-0.1, -0.05) is 39.7 Å². The summed E-state index contributed by atoms with van der Waals surface area (Å²) in [5.41, 5.74) is 1.41. The number of amides is 1. The molecule has 158 valence electrons. The molecule has 0 unspecified atom stereocenters. The molecule has 0 aliphatic rings. The summed E-state index contributed by atoms with van der Waals surface area (Å²) in [7, 11) is 0. The van der Waals surface area contributed by atoms with Crippen LogP contribution in [0.4, 0.5) is 10.1 Å². The number of rotatable bonds is 7. The average Bonchev–Trinajstić information content (AvgIpc) is 3.39. The average molecular weight is 505 g/mol. The van der Waals surface area contributed by atoms with Crippen molar-refractivity contribution in [2.45, 2.75) is 13.2 Å². The largest absolute Gasteiger partial charge is 0.484 e. The number of furan rings is 1. The lowest BCUT2D eigenvalue weighted by Crippen LogP contribution is -2.10. The van der Waals surface area contributed by atoms with Gasteiger partial charge in [-0.25, -0.2) is 4.39 Å². The molecule has 6 nitrogen and oxygen atoms in total. The second-order valence-electron chi connectivity index (χ2n) is 6.64. The number of aromatic nitrogens is 2. The molecule has 0 saturated carbocycles. The highest BCUT2D eigenvalue weighted by molar-refractivity contribution is 9.10. The van der Waals surface area contributed by atoms with Crippen LogP contribution in [0, 0.1) is 5.82 Å². The fourth-order valence-electron chi connectivity index (χ4n) is 2.80. The number of hydrogen-bond acceptors (Lipinski definition) is 4. The number of benzene rings is 2. The van der Waals surface area contributed by atoms with E-state index in [0.29, 0.717) is 28.8 Å². The van der Waals surface area contributed by atoms with Crippen molar-refractivity contribution in [2.75, 3.05) is 5.32 Å². The molecule has 0 radical (unpaired) electrons. The van der Waals surface area contributed by atoms with Crippen molar-refractivity contribution in [1.82, 2.24) is 9.78 Å². The molecule has 4 rings (SSSR count). The van der Waals surface area contributed by atoms with E-state index in [4.69, 9.17) is 20.8 Å². The van der Waals surface area contributed by atoms with E-state index in [9.17, 15) is 9.18 Å². The number of anilines is 1. The monoisotopic (exact) mass is 503 g/mol. The number of carbonyl (C=O) groups is 1. The molecule has 1 N–H and O–H groups in total. The van der Waals surface area contributed by atoms with Crippen LogP contribution in [0.15, 0.2) is 75.9 Å². The first-order chi connectivity index (χ1) is 15.0. The highest BCUT2D eigenvalue weighted by atomic mass is 79.9. The predicted octanol–water partition coefficient (Wildman–Crippen LogP) is 5.91. The van der Waals surface area contributed by atoms with E-state index >= 15 is 0 Å². The van der Waals surface area contributed by atoms with E-state index in [2.05, 4.69) is 26.3 Å². The predicted molar refractivity (Wildman–Crippen MR) is 118 cm³/mol. The molecule has 0 fully saturated rings. The number of halogens is 3. The topological polar surface area (TPSA) is 69.3 Å². The van der Waals surface area contributed by atoms with Crippen molar-refractivity contribution in [2.24, 2.45) is 0 Å². The first-order valence-corrected chi connectivity index (χ1v) is 10.4. The smallest absolute Gasteiger partial charge is 0.291 e. The molecule has 1 amide bonds.